The molecule has 2 aromatic rings. The van der Waals surface area contributed by atoms with Crippen LogP contribution in [0.2, 0.25) is 0 Å². The van der Waals surface area contributed by atoms with E-state index in [-0.39, 0.29) is 18.4 Å². The Morgan fingerprint density at radius 1 is 1.32 bits per heavy atom. The van der Waals surface area contributed by atoms with Gasteiger partial charge >= 0.3 is 12.0 Å². The fourth-order valence-corrected chi connectivity index (χ4v) is 2.38. The number of urea groups is 1. The summed E-state index contributed by atoms with van der Waals surface area (Å²) in [6, 6.07) is 7.70. The first-order chi connectivity index (χ1) is 11.9. The van der Waals surface area contributed by atoms with Crippen LogP contribution in [0.15, 0.2) is 34.7 Å². The van der Waals surface area contributed by atoms with Gasteiger partial charge in [-0.05, 0) is 31.0 Å². The molecule has 1 heterocycles. The summed E-state index contributed by atoms with van der Waals surface area (Å²) in [6.07, 6.45) is 0.401. The predicted octanol–water partition coefficient (Wildman–Crippen LogP) is 2.90. The largest absolute Gasteiger partial charge is 0.465 e. The van der Waals surface area contributed by atoms with Gasteiger partial charge in [-0.2, -0.15) is 0 Å². The molecule has 0 saturated carbocycles. The molecule has 0 radical (unpaired) electrons. The van der Waals surface area contributed by atoms with Crippen LogP contribution < -0.4 is 5.32 Å². The van der Waals surface area contributed by atoms with E-state index in [1.807, 2.05) is 0 Å². The molecule has 0 atom stereocenters. The topological polar surface area (TPSA) is 71.8 Å². The molecule has 1 aromatic heterocycles. The Balaban J connectivity index is 1.86. The van der Waals surface area contributed by atoms with Crippen molar-refractivity contribution < 1.29 is 23.1 Å². The van der Waals surface area contributed by atoms with E-state index in [2.05, 4.69) is 10.1 Å². The lowest BCUT2D eigenvalue weighted by molar-refractivity contribution is 0.0598. The van der Waals surface area contributed by atoms with Gasteiger partial charge in [0.05, 0.1) is 13.7 Å². The fraction of sp³-hybridized carbons (Fsp3) is 0.333. The summed E-state index contributed by atoms with van der Waals surface area (Å²) in [7, 11) is 2.90. The van der Waals surface area contributed by atoms with E-state index < -0.39 is 5.97 Å². The first kappa shape index (κ1) is 18.5. The number of ether oxygens (including phenoxy) is 1. The Kier molecular flexibility index (Phi) is 6.16. The molecule has 6 nitrogen and oxygen atoms in total. The van der Waals surface area contributed by atoms with Crippen LogP contribution in [0.3, 0.4) is 0 Å². The van der Waals surface area contributed by atoms with E-state index in [1.165, 1.54) is 18.1 Å². The Morgan fingerprint density at radius 2 is 2.04 bits per heavy atom. The fourth-order valence-electron chi connectivity index (χ4n) is 2.38. The zero-order chi connectivity index (χ0) is 18.4. The molecule has 25 heavy (non-hydrogen) atoms. The van der Waals surface area contributed by atoms with E-state index >= 15 is 0 Å². The molecule has 1 aromatic carbocycles. The average Bonchev–Trinajstić information content (AvgIpc) is 2.96. The van der Waals surface area contributed by atoms with Gasteiger partial charge in [-0.25, -0.2) is 14.0 Å². The lowest BCUT2D eigenvalue weighted by atomic mass is 10.1. The summed E-state index contributed by atoms with van der Waals surface area (Å²) in [5.41, 5.74) is 0.890. The molecular formula is C18H21FN2O4. The van der Waals surface area contributed by atoms with Crippen LogP contribution in [0.5, 0.6) is 0 Å². The van der Waals surface area contributed by atoms with Crippen molar-refractivity contribution in [2.45, 2.75) is 19.9 Å². The van der Waals surface area contributed by atoms with Crippen LogP contribution in [-0.4, -0.2) is 37.6 Å². The molecular weight excluding hydrogens is 327 g/mol. The van der Waals surface area contributed by atoms with Crippen molar-refractivity contribution in [2.24, 2.45) is 0 Å². The number of hydrogen-bond donors (Lipinski definition) is 1. The second-order valence-electron chi connectivity index (χ2n) is 5.60. The number of hydrogen-bond acceptors (Lipinski definition) is 4. The minimum absolute atomic E-state index is 0.198. The Morgan fingerprint density at radius 3 is 2.72 bits per heavy atom. The van der Waals surface area contributed by atoms with Crippen LogP contribution in [0.1, 0.15) is 27.4 Å². The normalized spacial score (nSPS) is 10.4. The molecule has 0 spiro atoms. The minimum atomic E-state index is -0.482. The summed E-state index contributed by atoms with van der Waals surface area (Å²) in [4.78, 5) is 25.1. The second-order valence-corrected chi connectivity index (χ2v) is 5.60. The monoisotopic (exact) mass is 348 g/mol. The van der Waals surface area contributed by atoms with Crippen LogP contribution in [0, 0.1) is 12.7 Å². The Bertz CT molecular complexity index is 757. The van der Waals surface area contributed by atoms with E-state index in [4.69, 9.17) is 4.42 Å². The molecule has 0 fully saturated rings. The highest BCUT2D eigenvalue weighted by atomic mass is 19.1. The van der Waals surface area contributed by atoms with Crippen LogP contribution >= 0.6 is 0 Å². The molecule has 0 bridgehead atoms. The van der Waals surface area contributed by atoms with Crippen molar-refractivity contribution in [1.82, 2.24) is 10.2 Å². The summed E-state index contributed by atoms with van der Waals surface area (Å²) < 4.78 is 23.7. The van der Waals surface area contributed by atoms with Gasteiger partial charge in [-0.1, -0.05) is 18.2 Å². The van der Waals surface area contributed by atoms with Gasteiger partial charge in [-0.15, -0.1) is 0 Å². The number of nitrogens with zero attached hydrogens (tertiary/aromatic N) is 1. The number of halogens is 1. The maximum atomic E-state index is 13.5. The Labute approximate surface area is 145 Å². The van der Waals surface area contributed by atoms with Crippen LogP contribution in [0.25, 0.3) is 0 Å². The summed E-state index contributed by atoms with van der Waals surface area (Å²) in [6.45, 7) is 2.17. The number of amides is 2. The zero-order valence-corrected chi connectivity index (χ0v) is 14.5. The molecule has 2 rings (SSSR count). The lowest BCUT2D eigenvalue weighted by Gasteiger charge is -2.16. The van der Waals surface area contributed by atoms with E-state index in [0.717, 1.165) is 0 Å². The quantitative estimate of drug-likeness (QED) is 0.815. The SMILES string of the molecule is COC(=O)c1cc(CN(C)C(=O)NCCc2ccccc2F)oc1C. The van der Waals surface area contributed by atoms with Gasteiger partial charge < -0.3 is 19.4 Å². The minimum Gasteiger partial charge on any atom is -0.465 e. The molecule has 0 aliphatic rings. The molecule has 0 unspecified atom stereocenters. The second kappa shape index (κ2) is 8.32. The first-order valence-corrected chi connectivity index (χ1v) is 7.82. The summed E-state index contributed by atoms with van der Waals surface area (Å²) in [5, 5.41) is 2.72. The van der Waals surface area contributed by atoms with E-state index in [0.29, 0.717) is 35.6 Å². The number of rotatable bonds is 6. The smallest absolute Gasteiger partial charge is 0.341 e. The van der Waals surface area contributed by atoms with Crippen molar-refractivity contribution >= 4 is 12.0 Å². The summed E-state index contributed by atoms with van der Waals surface area (Å²) in [5.74, 6) is 0.149. The third-order valence-corrected chi connectivity index (χ3v) is 3.74. The number of methoxy groups -OCH3 is 1. The number of aryl methyl sites for hydroxylation is 1. The molecule has 0 saturated heterocycles. The van der Waals surface area contributed by atoms with Crippen molar-refractivity contribution in [2.75, 3.05) is 20.7 Å². The molecule has 0 aliphatic carbocycles. The summed E-state index contributed by atoms with van der Waals surface area (Å²) >= 11 is 0. The maximum absolute atomic E-state index is 13.5. The van der Waals surface area contributed by atoms with Crippen molar-refractivity contribution in [3.05, 3.63) is 58.8 Å². The highest BCUT2D eigenvalue weighted by Gasteiger charge is 2.17. The molecule has 2 amide bonds. The predicted molar refractivity (Wildman–Crippen MR) is 89.8 cm³/mol. The molecule has 134 valence electrons. The van der Waals surface area contributed by atoms with Gasteiger partial charge in [0.25, 0.3) is 0 Å². The van der Waals surface area contributed by atoms with Crippen LogP contribution in [-0.2, 0) is 17.7 Å². The average molecular weight is 348 g/mol. The number of furan rings is 1. The van der Waals surface area contributed by atoms with Crippen LogP contribution in [0.4, 0.5) is 9.18 Å². The number of carbonyl (C=O) groups excluding carboxylic acids is 2. The highest BCUT2D eigenvalue weighted by molar-refractivity contribution is 5.90. The van der Waals surface area contributed by atoms with Crippen molar-refractivity contribution in [1.29, 1.82) is 0 Å². The number of esters is 1. The number of nitrogens with one attached hydrogen (secondary N) is 1. The third kappa shape index (κ3) is 4.82. The lowest BCUT2D eigenvalue weighted by Crippen LogP contribution is -2.37. The standard InChI is InChI=1S/C18H21FN2O4/c1-12-15(17(22)24-3)10-14(25-12)11-21(2)18(23)20-9-8-13-6-4-5-7-16(13)19/h4-7,10H,8-9,11H2,1-3H3,(H,20,23). The van der Waals surface area contributed by atoms with E-state index in [1.54, 1.807) is 38.2 Å². The number of carbonyl (C=O) groups is 2. The van der Waals surface area contributed by atoms with Gasteiger partial charge in [0.2, 0.25) is 0 Å². The highest BCUT2D eigenvalue weighted by Crippen LogP contribution is 2.17. The van der Waals surface area contributed by atoms with Gasteiger partial charge in [0, 0.05) is 13.6 Å². The maximum Gasteiger partial charge on any atom is 0.341 e. The van der Waals surface area contributed by atoms with Gasteiger partial charge in [0.1, 0.15) is 22.9 Å². The first-order valence-electron chi connectivity index (χ1n) is 7.82. The molecule has 0 aliphatic heterocycles. The van der Waals surface area contributed by atoms with Gasteiger partial charge in [-0.3, -0.25) is 0 Å². The van der Waals surface area contributed by atoms with E-state index in [9.17, 15) is 14.0 Å². The third-order valence-electron chi connectivity index (χ3n) is 3.74. The molecule has 7 heteroatoms. The zero-order valence-electron chi connectivity index (χ0n) is 14.5. The van der Waals surface area contributed by atoms with Crippen molar-refractivity contribution in [3.8, 4) is 0 Å². The number of benzene rings is 1. The Hall–Kier alpha value is -2.83. The van der Waals surface area contributed by atoms with Crippen molar-refractivity contribution in [3.63, 3.8) is 0 Å². The van der Waals surface area contributed by atoms with Gasteiger partial charge in [0.15, 0.2) is 0 Å². The molecule has 1 N–H and O–H groups in total.